The van der Waals surface area contributed by atoms with Gasteiger partial charge in [0, 0.05) is 12.6 Å². The van der Waals surface area contributed by atoms with Crippen LogP contribution < -0.4 is 5.32 Å². The van der Waals surface area contributed by atoms with Gasteiger partial charge in [0.15, 0.2) is 5.88 Å². The number of carbonyl (C=O) groups is 1. The van der Waals surface area contributed by atoms with Crippen LogP contribution in [0.2, 0.25) is 0 Å². The lowest BCUT2D eigenvalue weighted by Crippen LogP contribution is -2.14. The second kappa shape index (κ2) is 4.20. The van der Waals surface area contributed by atoms with Crippen molar-refractivity contribution >= 4 is 11.9 Å². The van der Waals surface area contributed by atoms with Crippen LogP contribution in [0.4, 0.5) is 5.88 Å². The van der Waals surface area contributed by atoms with Crippen molar-refractivity contribution in [2.45, 2.75) is 32.6 Å². The molecule has 88 valence electrons. The van der Waals surface area contributed by atoms with Crippen molar-refractivity contribution in [3.63, 3.8) is 0 Å². The molecule has 4 heteroatoms. The summed E-state index contributed by atoms with van der Waals surface area (Å²) in [6.07, 6.45) is 4.95. The molecule has 1 fully saturated rings. The fourth-order valence-electron chi connectivity index (χ4n) is 2.04. The number of furan rings is 1. The van der Waals surface area contributed by atoms with E-state index in [4.69, 9.17) is 9.52 Å². The summed E-state index contributed by atoms with van der Waals surface area (Å²) in [4.78, 5) is 10.6. The molecule has 0 saturated heterocycles. The lowest BCUT2D eigenvalue weighted by Gasteiger charge is -2.13. The number of carboxylic acid groups (broad SMARTS) is 1. The molecular weight excluding hydrogens is 206 g/mol. The molecular formula is C12H17NO3. The van der Waals surface area contributed by atoms with E-state index in [2.05, 4.69) is 12.2 Å². The van der Waals surface area contributed by atoms with E-state index in [0.717, 1.165) is 6.54 Å². The van der Waals surface area contributed by atoms with Crippen LogP contribution >= 0.6 is 0 Å². The molecule has 2 rings (SSSR count). The number of carboxylic acids is 1. The van der Waals surface area contributed by atoms with Crippen LogP contribution in [0.25, 0.3) is 0 Å². The Morgan fingerprint density at radius 2 is 2.31 bits per heavy atom. The number of nitrogens with one attached hydrogen (secondary N) is 1. The standard InChI is InChI=1S/C12H17NO3/c1-2-5-12(6-7-12)8-13-10-4-3-9(16-10)11(14)15/h3-4,13H,2,5-8H2,1H3,(H,14,15). The van der Waals surface area contributed by atoms with Gasteiger partial charge in [0.05, 0.1) is 0 Å². The minimum absolute atomic E-state index is 0.0113. The lowest BCUT2D eigenvalue weighted by atomic mass is 10.0. The first-order valence-electron chi connectivity index (χ1n) is 5.72. The normalized spacial score (nSPS) is 17.1. The third-order valence-electron chi connectivity index (χ3n) is 3.19. The highest BCUT2D eigenvalue weighted by molar-refractivity contribution is 5.84. The van der Waals surface area contributed by atoms with Crippen LogP contribution in [0.5, 0.6) is 0 Å². The van der Waals surface area contributed by atoms with Gasteiger partial charge in [0.2, 0.25) is 5.76 Å². The van der Waals surface area contributed by atoms with E-state index in [9.17, 15) is 4.79 Å². The van der Waals surface area contributed by atoms with E-state index in [1.54, 1.807) is 6.07 Å². The topological polar surface area (TPSA) is 62.5 Å². The second-order valence-corrected chi connectivity index (χ2v) is 4.57. The lowest BCUT2D eigenvalue weighted by molar-refractivity contribution is 0.0663. The van der Waals surface area contributed by atoms with Crippen LogP contribution in [-0.4, -0.2) is 17.6 Å². The molecule has 0 spiro atoms. The summed E-state index contributed by atoms with van der Waals surface area (Å²) in [7, 11) is 0. The van der Waals surface area contributed by atoms with Crippen molar-refractivity contribution in [2.24, 2.45) is 5.41 Å². The Morgan fingerprint density at radius 3 is 2.81 bits per heavy atom. The molecule has 0 unspecified atom stereocenters. The van der Waals surface area contributed by atoms with Crippen molar-refractivity contribution in [1.82, 2.24) is 0 Å². The molecule has 0 amide bonds. The predicted molar refractivity (Wildman–Crippen MR) is 60.7 cm³/mol. The molecule has 1 heterocycles. The summed E-state index contributed by atoms with van der Waals surface area (Å²) in [5.41, 5.74) is 0.435. The highest BCUT2D eigenvalue weighted by atomic mass is 16.4. The van der Waals surface area contributed by atoms with Crippen molar-refractivity contribution in [1.29, 1.82) is 0 Å². The van der Waals surface area contributed by atoms with Crippen LogP contribution in [-0.2, 0) is 0 Å². The first-order valence-corrected chi connectivity index (χ1v) is 5.72. The highest BCUT2D eigenvalue weighted by Gasteiger charge is 2.41. The van der Waals surface area contributed by atoms with Gasteiger partial charge >= 0.3 is 5.97 Å². The highest BCUT2D eigenvalue weighted by Crippen LogP contribution is 2.49. The van der Waals surface area contributed by atoms with E-state index in [-0.39, 0.29) is 5.76 Å². The molecule has 2 N–H and O–H groups in total. The third-order valence-corrected chi connectivity index (χ3v) is 3.19. The average molecular weight is 223 g/mol. The van der Waals surface area contributed by atoms with Crippen LogP contribution in [0, 0.1) is 5.41 Å². The van der Waals surface area contributed by atoms with Crippen molar-refractivity contribution in [3.8, 4) is 0 Å². The van der Waals surface area contributed by atoms with E-state index < -0.39 is 5.97 Å². The van der Waals surface area contributed by atoms with Gasteiger partial charge in [-0.05, 0) is 30.7 Å². The maximum absolute atomic E-state index is 10.6. The number of aromatic carboxylic acids is 1. The Kier molecular flexibility index (Phi) is 2.90. The molecule has 1 aromatic rings. The van der Waals surface area contributed by atoms with Gasteiger partial charge in [-0.25, -0.2) is 4.79 Å². The second-order valence-electron chi connectivity index (χ2n) is 4.57. The first-order chi connectivity index (χ1) is 7.65. The Balaban J connectivity index is 1.87. The molecule has 0 radical (unpaired) electrons. The maximum Gasteiger partial charge on any atom is 0.371 e. The van der Waals surface area contributed by atoms with Crippen LogP contribution in [0.15, 0.2) is 16.5 Å². The van der Waals surface area contributed by atoms with Gasteiger partial charge in [-0.1, -0.05) is 13.3 Å². The smallest absolute Gasteiger partial charge is 0.371 e. The number of rotatable bonds is 6. The van der Waals surface area contributed by atoms with Gasteiger partial charge in [-0.3, -0.25) is 0 Å². The molecule has 1 aliphatic rings. The van der Waals surface area contributed by atoms with Gasteiger partial charge in [-0.15, -0.1) is 0 Å². The molecule has 0 aliphatic heterocycles. The SMILES string of the molecule is CCCC1(CNc2ccc(C(=O)O)o2)CC1. The first kappa shape index (κ1) is 11.0. The van der Waals surface area contributed by atoms with Gasteiger partial charge < -0.3 is 14.8 Å². The Bertz CT molecular complexity index is 379. The molecule has 0 bridgehead atoms. The van der Waals surface area contributed by atoms with Gasteiger partial charge in [-0.2, -0.15) is 0 Å². The zero-order chi connectivity index (χ0) is 11.6. The molecule has 4 nitrogen and oxygen atoms in total. The minimum Gasteiger partial charge on any atom is -0.475 e. The van der Waals surface area contributed by atoms with Gasteiger partial charge in [0.1, 0.15) is 0 Å². The van der Waals surface area contributed by atoms with Gasteiger partial charge in [0.25, 0.3) is 0 Å². The molecule has 1 aliphatic carbocycles. The van der Waals surface area contributed by atoms with Crippen molar-refractivity contribution in [3.05, 3.63) is 17.9 Å². The average Bonchev–Trinajstić information content (AvgIpc) is 2.84. The molecule has 1 aromatic heterocycles. The molecule has 1 saturated carbocycles. The third kappa shape index (κ3) is 2.38. The summed E-state index contributed by atoms with van der Waals surface area (Å²) in [6, 6.07) is 3.15. The van der Waals surface area contributed by atoms with E-state index in [1.807, 2.05) is 0 Å². The largest absolute Gasteiger partial charge is 0.475 e. The monoisotopic (exact) mass is 223 g/mol. The Hall–Kier alpha value is -1.45. The van der Waals surface area contributed by atoms with E-state index >= 15 is 0 Å². The van der Waals surface area contributed by atoms with Crippen molar-refractivity contribution < 1.29 is 14.3 Å². The molecule has 0 atom stereocenters. The minimum atomic E-state index is -1.03. The van der Waals surface area contributed by atoms with Crippen LogP contribution in [0.3, 0.4) is 0 Å². The van der Waals surface area contributed by atoms with E-state index in [1.165, 1.54) is 31.7 Å². The quantitative estimate of drug-likeness (QED) is 0.778. The summed E-state index contributed by atoms with van der Waals surface area (Å²) >= 11 is 0. The number of hydrogen-bond acceptors (Lipinski definition) is 3. The van der Waals surface area contributed by atoms with Crippen molar-refractivity contribution in [2.75, 3.05) is 11.9 Å². The fourth-order valence-corrected chi connectivity index (χ4v) is 2.04. The fraction of sp³-hybridized carbons (Fsp3) is 0.583. The summed E-state index contributed by atoms with van der Waals surface area (Å²) in [6.45, 7) is 3.07. The summed E-state index contributed by atoms with van der Waals surface area (Å²) in [5.74, 6) is -0.481. The number of anilines is 1. The zero-order valence-electron chi connectivity index (χ0n) is 9.45. The van der Waals surface area contributed by atoms with E-state index in [0.29, 0.717) is 11.3 Å². The maximum atomic E-state index is 10.6. The zero-order valence-corrected chi connectivity index (χ0v) is 9.45. The number of hydrogen-bond donors (Lipinski definition) is 2. The van der Waals surface area contributed by atoms with Crippen LogP contribution in [0.1, 0.15) is 43.2 Å². The Morgan fingerprint density at radius 1 is 1.56 bits per heavy atom. The predicted octanol–water partition coefficient (Wildman–Crippen LogP) is 2.97. The Labute approximate surface area is 94.6 Å². The molecule has 16 heavy (non-hydrogen) atoms. The molecule has 0 aromatic carbocycles. The summed E-state index contributed by atoms with van der Waals surface area (Å²) in [5, 5.41) is 11.9. The summed E-state index contributed by atoms with van der Waals surface area (Å²) < 4.78 is 5.14.